The molecule has 0 radical (unpaired) electrons. The highest BCUT2D eigenvalue weighted by molar-refractivity contribution is 6.10. The van der Waals surface area contributed by atoms with Crippen molar-refractivity contribution in [2.75, 3.05) is 30.4 Å². The van der Waals surface area contributed by atoms with Crippen molar-refractivity contribution in [3.63, 3.8) is 0 Å². The van der Waals surface area contributed by atoms with Crippen LogP contribution >= 0.6 is 0 Å². The number of para-hydroxylation sites is 1. The number of fused-ring (bicyclic) bond motifs is 3. The second kappa shape index (κ2) is 9.17. The Balaban J connectivity index is 1.42. The number of nitrogens with zero attached hydrogens (tertiary/aromatic N) is 3. The molecule has 35 heavy (non-hydrogen) atoms. The van der Waals surface area contributed by atoms with Crippen molar-refractivity contribution in [2.24, 2.45) is 0 Å². The minimum absolute atomic E-state index is 0.0285. The van der Waals surface area contributed by atoms with Gasteiger partial charge in [-0.25, -0.2) is 0 Å². The van der Waals surface area contributed by atoms with Crippen LogP contribution in [0.15, 0.2) is 36.4 Å². The van der Waals surface area contributed by atoms with Gasteiger partial charge in [-0.05, 0) is 57.4 Å². The van der Waals surface area contributed by atoms with Gasteiger partial charge in [-0.2, -0.15) is 0 Å². The van der Waals surface area contributed by atoms with E-state index >= 15 is 0 Å². The van der Waals surface area contributed by atoms with Gasteiger partial charge in [-0.15, -0.1) is 0 Å². The summed E-state index contributed by atoms with van der Waals surface area (Å²) >= 11 is 0. The van der Waals surface area contributed by atoms with Gasteiger partial charge >= 0.3 is 0 Å². The lowest BCUT2D eigenvalue weighted by Crippen LogP contribution is -2.62. The van der Waals surface area contributed by atoms with Crippen molar-refractivity contribution >= 4 is 35.0 Å². The van der Waals surface area contributed by atoms with E-state index in [0.29, 0.717) is 24.1 Å². The Bertz CT molecular complexity index is 1200. The number of aryl methyl sites for hydroxylation is 3. The molecule has 2 aliphatic rings. The number of carbonyl (C=O) groups excluding carboxylic acids is 4. The fourth-order valence-corrected chi connectivity index (χ4v) is 5.30. The molecule has 2 heterocycles. The number of carbonyl (C=O) groups is 4. The lowest BCUT2D eigenvalue weighted by Gasteiger charge is -2.48. The monoisotopic (exact) mass is 476 g/mol. The molecule has 8 nitrogen and oxygen atoms in total. The molecule has 0 aromatic heterocycles. The van der Waals surface area contributed by atoms with Gasteiger partial charge in [0.25, 0.3) is 5.91 Å². The molecule has 1 unspecified atom stereocenters. The summed E-state index contributed by atoms with van der Waals surface area (Å²) < 4.78 is 0. The maximum absolute atomic E-state index is 13.3. The maximum atomic E-state index is 13.3. The van der Waals surface area contributed by atoms with Crippen molar-refractivity contribution < 1.29 is 19.2 Å². The fraction of sp³-hybridized carbons (Fsp3) is 0.407. The lowest BCUT2D eigenvalue weighted by molar-refractivity contribution is -0.133. The molecular formula is C27H32N4O4. The van der Waals surface area contributed by atoms with Crippen LogP contribution in [0.5, 0.6) is 0 Å². The molecule has 2 aromatic carbocycles. The third-order valence-corrected chi connectivity index (χ3v) is 7.04. The molecule has 184 valence electrons. The van der Waals surface area contributed by atoms with Gasteiger partial charge in [0.1, 0.15) is 5.66 Å². The Morgan fingerprint density at radius 1 is 1.09 bits per heavy atom. The van der Waals surface area contributed by atoms with Crippen LogP contribution in [0, 0.1) is 20.8 Å². The van der Waals surface area contributed by atoms with E-state index in [1.807, 2.05) is 45.9 Å². The van der Waals surface area contributed by atoms with Crippen molar-refractivity contribution in [3.8, 4) is 0 Å². The molecule has 1 saturated heterocycles. The summed E-state index contributed by atoms with van der Waals surface area (Å²) in [7, 11) is 1.58. The van der Waals surface area contributed by atoms with Gasteiger partial charge < -0.3 is 15.1 Å². The summed E-state index contributed by atoms with van der Waals surface area (Å²) in [5.41, 5.74) is 4.11. The number of likely N-dealkylation sites (N-methyl/N-ethyl adjacent to an activating group) is 1. The summed E-state index contributed by atoms with van der Waals surface area (Å²) in [4.78, 5) is 56.2. The van der Waals surface area contributed by atoms with Crippen LogP contribution in [-0.2, 0) is 14.4 Å². The molecule has 1 fully saturated rings. The number of rotatable bonds is 6. The lowest BCUT2D eigenvalue weighted by atomic mass is 9.98. The van der Waals surface area contributed by atoms with Gasteiger partial charge in [-0.3, -0.25) is 24.1 Å². The van der Waals surface area contributed by atoms with Crippen LogP contribution in [0.1, 0.15) is 53.2 Å². The minimum atomic E-state index is -0.806. The Morgan fingerprint density at radius 2 is 1.74 bits per heavy atom. The fourth-order valence-electron chi connectivity index (χ4n) is 5.30. The third-order valence-electron chi connectivity index (χ3n) is 7.04. The van der Waals surface area contributed by atoms with Crippen LogP contribution in [0.4, 0.5) is 11.4 Å². The highest BCUT2D eigenvalue weighted by atomic mass is 16.2. The zero-order valence-electron chi connectivity index (χ0n) is 21.0. The first-order chi connectivity index (χ1) is 16.5. The van der Waals surface area contributed by atoms with Crippen molar-refractivity contribution in [1.82, 2.24) is 9.80 Å². The summed E-state index contributed by atoms with van der Waals surface area (Å²) in [6.45, 7) is 7.83. The van der Waals surface area contributed by atoms with E-state index in [2.05, 4.69) is 5.32 Å². The second-order valence-corrected chi connectivity index (χ2v) is 9.74. The average Bonchev–Trinajstić information content (AvgIpc) is 3.11. The predicted octanol–water partition coefficient (Wildman–Crippen LogP) is 3.40. The Kier molecular flexibility index (Phi) is 6.40. The van der Waals surface area contributed by atoms with Crippen LogP contribution < -0.4 is 10.2 Å². The Morgan fingerprint density at radius 3 is 2.43 bits per heavy atom. The normalized spacial score (nSPS) is 18.9. The zero-order chi connectivity index (χ0) is 25.5. The van der Waals surface area contributed by atoms with Gasteiger partial charge in [0.05, 0.1) is 17.8 Å². The predicted molar refractivity (Wildman–Crippen MR) is 134 cm³/mol. The van der Waals surface area contributed by atoms with Gasteiger partial charge in [0.15, 0.2) is 0 Å². The van der Waals surface area contributed by atoms with E-state index < -0.39 is 5.66 Å². The topological polar surface area (TPSA) is 90.0 Å². The Hall–Kier alpha value is -3.68. The van der Waals surface area contributed by atoms with E-state index in [9.17, 15) is 19.2 Å². The quantitative estimate of drug-likeness (QED) is 0.692. The second-order valence-electron chi connectivity index (χ2n) is 9.74. The first-order valence-electron chi connectivity index (χ1n) is 11.9. The van der Waals surface area contributed by atoms with E-state index in [1.165, 1.54) is 4.90 Å². The van der Waals surface area contributed by atoms with Gasteiger partial charge in [0, 0.05) is 32.1 Å². The first-order valence-corrected chi connectivity index (χ1v) is 11.9. The molecule has 0 aliphatic carbocycles. The minimum Gasteiger partial charge on any atom is -0.336 e. The number of hydrogen-bond acceptors (Lipinski definition) is 4. The van der Waals surface area contributed by atoms with E-state index in [-0.39, 0.29) is 43.1 Å². The molecule has 4 rings (SSSR count). The molecule has 0 spiro atoms. The van der Waals surface area contributed by atoms with Crippen LogP contribution in [0.2, 0.25) is 0 Å². The largest absolute Gasteiger partial charge is 0.336 e. The van der Waals surface area contributed by atoms with E-state index in [1.54, 1.807) is 35.0 Å². The van der Waals surface area contributed by atoms with Crippen LogP contribution in [-0.4, -0.2) is 59.2 Å². The average molecular weight is 477 g/mol. The van der Waals surface area contributed by atoms with Crippen molar-refractivity contribution in [2.45, 2.75) is 52.6 Å². The third kappa shape index (κ3) is 4.40. The highest BCUT2D eigenvalue weighted by Crippen LogP contribution is 2.44. The number of amides is 4. The molecular weight excluding hydrogens is 444 g/mol. The molecule has 2 aromatic rings. The maximum Gasteiger partial charge on any atom is 0.257 e. The number of nitrogens with one attached hydrogen (secondary N) is 1. The molecule has 2 aliphatic heterocycles. The number of anilines is 2. The number of hydrogen-bond donors (Lipinski definition) is 1. The first kappa shape index (κ1) is 24.4. The van der Waals surface area contributed by atoms with Crippen molar-refractivity contribution in [3.05, 3.63) is 58.7 Å². The van der Waals surface area contributed by atoms with Crippen LogP contribution in [0.3, 0.4) is 0 Å². The Labute approximate surface area is 205 Å². The molecule has 0 saturated carbocycles. The van der Waals surface area contributed by atoms with Crippen LogP contribution in [0.25, 0.3) is 0 Å². The highest BCUT2D eigenvalue weighted by Gasteiger charge is 2.52. The van der Waals surface area contributed by atoms with E-state index in [0.717, 1.165) is 22.4 Å². The SMILES string of the molecule is Cc1cc(C)c(NC(=O)CN(C)C(=O)CCN2C(=O)c3ccccc3N3C(=O)CCC23C)c(C)c1. The van der Waals surface area contributed by atoms with E-state index in [4.69, 9.17) is 0 Å². The summed E-state index contributed by atoms with van der Waals surface area (Å²) in [6, 6.07) is 11.1. The summed E-state index contributed by atoms with van der Waals surface area (Å²) in [5.74, 6) is -0.742. The molecule has 8 heteroatoms. The zero-order valence-corrected chi connectivity index (χ0v) is 21.0. The molecule has 1 N–H and O–H groups in total. The molecule has 1 atom stereocenters. The smallest absolute Gasteiger partial charge is 0.257 e. The molecule has 4 amide bonds. The number of benzene rings is 2. The molecule has 0 bridgehead atoms. The standard InChI is InChI=1S/C27H32N4O4/c1-17-14-18(2)25(19(3)15-17)28-22(32)16-29(5)23(33)11-13-30-26(35)20-8-6-7-9-21(20)31-24(34)10-12-27(30,31)4/h6-9,14-15H,10-13,16H2,1-5H3,(H,28,32). The summed E-state index contributed by atoms with van der Waals surface area (Å²) in [6.07, 6.45) is 0.909. The van der Waals surface area contributed by atoms with Crippen molar-refractivity contribution in [1.29, 1.82) is 0 Å². The van der Waals surface area contributed by atoms with Gasteiger partial charge in [-0.1, -0.05) is 29.8 Å². The summed E-state index contributed by atoms with van der Waals surface area (Å²) in [5, 5.41) is 2.91. The van der Waals surface area contributed by atoms with Gasteiger partial charge in [0.2, 0.25) is 17.7 Å².